The SMILES string of the molecule is C=CCN1C(=O)C(c2ccccc2OC)=C(N2CCOCC2)C1=O. The molecule has 0 atom stereocenters. The van der Waals surface area contributed by atoms with Crippen LogP contribution >= 0.6 is 0 Å². The molecule has 0 bridgehead atoms. The molecule has 0 N–H and O–H groups in total. The van der Waals surface area contributed by atoms with Crippen LogP contribution in [0, 0.1) is 0 Å². The van der Waals surface area contributed by atoms with Crippen molar-refractivity contribution in [2.45, 2.75) is 0 Å². The quantitative estimate of drug-likeness (QED) is 0.602. The predicted molar refractivity (Wildman–Crippen MR) is 89.2 cm³/mol. The number of carbonyl (C=O) groups is 2. The molecule has 0 aromatic heterocycles. The van der Waals surface area contributed by atoms with E-state index in [0.29, 0.717) is 48.9 Å². The maximum absolute atomic E-state index is 12.9. The van der Waals surface area contributed by atoms with Gasteiger partial charge in [0.2, 0.25) is 0 Å². The second-order valence-corrected chi connectivity index (χ2v) is 5.53. The Bertz CT molecular complexity index is 705. The van der Waals surface area contributed by atoms with Gasteiger partial charge in [0, 0.05) is 25.2 Å². The van der Waals surface area contributed by atoms with Crippen LogP contribution in [0.3, 0.4) is 0 Å². The fourth-order valence-electron chi connectivity index (χ4n) is 3.03. The lowest BCUT2D eigenvalue weighted by molar-refractivity contribution is -0.137. The number of ether oxygens (including phenoxy) is 2. The molecule has 2 aliphatic rings. The molecule has 0 saturated carbocycles. The van der Waals surface area contributed by atoms with Crippen LogP contribution in [0.2, 0.25) is 0 Å². The van der Waals surface area contributed by atoms with Gasteiger partial charge in [-0.05, 0) is 6.07 Å². The molecule has 24 heavy (non-hydrogen) atoms. The molecule has 2 amide bonds. The number of rotatable bonds is 5. The van der Waals surface area contributed by atoms with E-state index in [2.05, 4.69) is 6.58 Å². The number of morpholine rings is 1. The Labute approximate surface area is 140 Å². The van der Waals surface area contributed by atoms with E-state index >= 15 is 0 Å². The fourth-order valence-corrected chi connectivity index (χ4v) is 3.03. The molecule has 6 nitrogen and oxygen atoms in total. The van der Waals surface area contributed by atoms with Crippen molar-refractivity contribution >= 4 is 17.4 Å². The molecule has 0 radical (unpaired) electrons. The van der Waals surface area contributed by atoms with Crippen molar-refractivity contribution < 1.29 is 19.1 Å². The Hall–Kier alpha value is -2.60. The molecule has 0 unspecified atom stereocenters. The summed E-state index contributed by atoms with van der Waals surface area (Å²) >= 11 is 0. The molecule has 6 heteroatoms. The second-order valence-electron chi connectivity index (χ2n) is 5.53. The van der Waals surface area contributed by atoms with Gasteiger partial charge in [-0.1, -0.05) is 24.3 Å². The summed E-state index contributed by atoms with van der Waals surface area (Å²) in [6.45, 7) is 6.05. The summed E-state index contributed by atoms with van der Waals surface area (Å²) in [6.07, 6.45) is 1.55. The topological polar surface area (TPSA) is 59.1 Å². The van der Waals surface area contributed by atoms with Crippen molar-refractivity contribution in [3.63, 3.8) is 0 Å². The summed E-state index contributed by atoms with van der Waals surface area (Å²) < 4.78 is 10.8. The molecule has 3 rings (SSSR count). The zero-order chi connectivity index (χ0) is 17.1. The van der Waals surface area contributed by atoms with Crippen molar-refractivity contribution in [3.8, 4) is 5.75 Å². The van der Waals surface area contributed by atoms with Gasteiger partial charge in [-0.15, -0.1) is 6.58 Å². The first-order chi connectivity index (χ1) is 11.7. The summed E-state index contributed by atoms with van der Waals surface area (Å²) in [5.41, 5.74) is 1.45. The zero-order valence-corrected chi connectivity index (χ0v) is 13.7. The third-order valence-corrected chi connectivity index (χ3v) is 4.16. The van der Waals surface area contributed by atoms with Crippen LogP contribution in [0.1, 0.15) is 5.56 Å². The number of benzene rings is 1. The Morgan fingerprint density at radius 1 is 1.21 bits per heavy atom. The number of hydrogen-bond acceptors (Lipinski definition) is 5. The summed E-state index contributed by atoms with van der Waals surface area (Å²) in [5, 5.41) is 0. The average molecular weight is 328 g/mol. The molecule has 0 spiro atoms. The van der Waals surface area contributed by atoms with Crippen molar-refractivity contribution in [2.24, 2.45) is 0 Å². The molecular formula is C18H20N2O4. The second kappa shape index (κ2) is 6.88. The van der Waals surface area contributed by atoms with Gasteiger partial charge in [0.15, 0.2) is 0 Å². The van der Waals surface area contributed by atoms with Crippen LogP contribution in [-0.2, 0) is 14.3 Å². The Balaban J connectivity index is 2.13. The standard InChI is InChI=1S/C18H20N2O4/c1-3-8-20-17(21)15(13-6-4-5-7-14(13)23-2)16(18(20)22)19-9-11-24-12-10-19/h3-7H,1,8-12H2,2H3. The number of para-hydroxylation sites is 1. The van der Waals surface area contributed by atoms with E-state index in [1.54, 1.807) is 25.3 Å². The van der Waals surface area contributed by atoms with Gasteiger partial charge < -0.3 is 14.4 Å². The molecule has 1 aromatic rings. The van der Waals surface area contributed by atoms with E-state index in [-0.39, 0.29) is 18.4 Å². The van der Waals surface area contributed by atoms with E-state index in [1.165, 1.54) is 4.90 Å². The van der Waals surface area contributed by atoms with E-state index in [9.17, 15) is 9.59 Å². The lowest BCUT2D eigenvalue weighted by Gasteiger charge is -2.29. The van der Waals surface area contributed by atoms with Gasteiger partial charge in [0.25, 0.3) is 11.8 Å². The zero-order valence-electron chi connectivity index (χ0n) is 13.7. The number of imide groups is 1. The monoisotopic (exact) mass is 328 g/mol. The van der Waals surface area contributed by atoms with E-state index in [0.717, 1.165) is 0 Å². The maximum Gasteiger partial charge on any atom is 0.278 e. The van der Waals surface area contributed by atoms with Gasteiger partial charge in [-0.25, -0.2) is 0 Å². The lowest BCUT2D eigenvalue weighted by atomic mass is 10.0. The average Bonchev–Trinajstić information content (AvgIpc) is 2.87. The summed E-state index contributed by atoms with van der Waals surface area (Å²) in [5.74, 6) is -0.0338. The van der Waals surface area contributed by atoms with E-state index in [4.69, 9.17) is 9.47 Å². The van der Waals surface area contributed by atoms with Gasteiger partial charge in [0.1, 0.15) is 11.4 Å². The molecule has 0 aliphatic carbocycles. The number of amides is 2. The highest BCUT2D eigenvalue weighted by molar-refractivity contribution is 6.36. The third-order valence-electron chi connectivity index (χ3n) is 4.16. The lowest BCUT2D eigenvalue weighted by Crippen LogP contribution is -2.40. The molecule has 1 aromatic carbocycles. The molecule has 2 aliphatic heterocycles. The number of hydrogen-bond donors (Lipinski definition) is 0. The van der Waals surface area contributed by atoms with E-state index in [1.807, 2.05) is 17.0 Å². The molecule has 126 valence electrons. The van der Waals surface area contributed by atoms with Gasteiger partial charge in [0.05, 0.1) is 25.9 Å². The maximum atomic E-state index is 12.9. The highest BCUT2D eigenvalue weighted by atomic mass is 16.5. The van der Waals surface area contributed by atoms with Crippen LogP contribution < -0.4 is 4.74 Å². The third kappa shape index (κ3) is 2.69. The van der Waals surface area contributed by atoms with Crippen LogP contribution in [0.25, 0.3) is 5.57 Å². The van der Waals surface area contributed by atoms with Crippen molar-refractivity contribution in [2.75, 3.05) is 40.0 Å². The highest BCUT2D eigenvalue weighted by Gasteiger charge is 2.42. The minimum atomic E-state index is -0.314. The molecule has 1 fully saturated rings. The van der Waals surface area contributed by atoms with Gasteiger partial charge in [-0.2, -0.15) is 0 Å². The smallest absolute Gasteiger partial charge is 0.278 e. The largest absolute Gasteiger partial charge is 0.496 e. The summed E-state index contributed by atoms with van der Waals surface area (Å²) in [4.78, 5) is 28.9. The first-order valence-electron chi connectivity index (χ1n) is 7.86. The number of nitrogens with zero attached hydrogens (tertiary/aromatic N) is 2. The Morgan fingerprint density at radius 3 is 2.58 bits per heavy atom. The van der Waals surface area contributed by atoms with Crippen LogP contribution in [0.5, 0.6) is 5.75 Å². The van der Waals surface area contributed by atoms with Crippen molar-refractivity contribution in [1.82, 2.24) is 9.80 Å². The number of methoxy groups -OCH3 is 1. The molecule has 1 saturated heterocycles. The Kier molecular flexibility index (Phi) is 4.66. The normalized spacial score (nSPS) is 18.4. The van der Waals surface area contributed by atoms with Crippen molar-refractivity contribution in [1.29, 1.82) is 0 Å². The minimum absolute atomic E-state index is 0.185. The van der Waals surface area contributed by atoms with Crippen LogP contribution in [0.4, 0.5) is 0 Å². The number of carbonyl (C=O) groups excluding carboxylic acids is 2. The Morgan fingerprint density at radius 2 is 1.92 bits per heavy atom. The van der Waals surface area contributed by atoms with Gasteiger partial charge >= 0.3 is 0 Å². The molecule has 2 heterocycles. The highest BCUT2D eigenvalue weighted by Crippen LogP contribution is 2.36. The fraction of sp³-hybridized carbons (Fsp3) is 0.333. The van der Waals surface area contributed by atoms with Crippen LogP contribution in [-0.4, -0.2) is 61.6 Å². The van der Waals surface area contributed by atoms with Crippen LogP contribution in [0.15, 0.2) is 42.6 Å². The summed E-state index contributed by atoms with van der Waals surface area (Å²) in [7, 11) is 1.55. The summed E-state index contributed by atoms with van der Waals surface area (Å²) in [6, 6.07) is 7.25. The van der Waals surface area contributed by atoms with Crippen molar-refractivity contribution in [3.05, 3.63) is 48.2 Å². The first kappa shape index (κ1) is 16.3. The minimum Gasteiger partial charge on any atom is -0.496 e. The van der Waals surface area contributed by atoms with Gasteiger partial charge in [-0.3, -0.25) is 14.5 Å². The van der Waals surface area contributed by atoms with E-state index < -0.39 is 0 Å². The predicted octanol–water partition coefficient (Wildman–Crippen LogP) is 1.29. The molecular weight excluding hydrogens is 308 g/mol. The first-order valence-corrected chi connectivity index (χ1v) is 7.86.